The van der Waals surface area contributed by atoms with Crippen molar-refractivity contribution in [2.75, 3.05) is 50.4 Å². The molecule has 2 aromatic carbocycles. The Balaban J connectivity index is 1.19. The predicted molar refractivity (Wildman–Crippen MR) is 146 cm³/mol. The van der Waals surface area contributed by atoms with Gasteiger partial charge < -0.3 is 15.5 Å². The number of piperazine rings is 1. The van der Waals surface area contributed by atoms with E-state index in [1.54, 1.807) is 18.2 Å². The summed E-state index contributed by atoms with van der Waals surface area (Å²) >= 11 is 0. The van der Waals surface area contributed by atoms with E-state index in [0.29, 0.717) is 23.0 Å². The van der Waals surface area contributed by atoms with E-state index in [1.165, 1.54) is 18.5 Å². The van der Waals surface area contributed by atoms with Crippen LogP contribution in [-0.2, 0) is 11.2 Å². The van der Waals surface area contributed by atoms with Gasteiger partial charge in [0.05, 0.1) is 11.9 Å². The molecule has 1 saturated heterocycles. The van der Waals surface area contributed by atoms with Crippen LogP contribution in [0, 0.1) is 17.7 Å². The molecule has 194 valence electrons. The smallest absolute Gasteiger partial charge is 0.230 e. The lowest BCUT2D eigenvalue weighted by atomic mass is 10.1. The van der Waals surface area contributed by atoms with Gasteiger partial charge in [-0.3, -0.25) is 14.8 Å². The van der Waals surface area contributed by atoms with Crippen molar-refractivity contribution in [1.29, 1.82) is 0 Å². The van der Waals surface area contributed by atoms with Gasteiger partial charge in [-0.25, -0.2) is 14.4 Å². The third-order valence-electron chi connectivity index (χ3n) is 6.35. The van der Waals surface area contributed by atoms with Crippen LogP contribution in [0.2, 0.25) is 0 Å². The van der Waals surface area contributed by atoms with E-state index in [4.69, 9.17) is 0 Å². The fraction of sp³-hybridized carbons (Fsp3) is 0.286. The first-order valence-corrected chi connectivity index (χ1v) is 12.5. The van der Waals surface area contributed by atoms with E-state index >= 15 is 0 Å². The molecule has 0 unspecified atom stereocenters. The van der Waals surface area contributed by atoms with E-state index in [1.807, 2.05) is 18.2 Å². The second-order valence-electron chi connectivity index (χ2n) is 9.29. The lowest BCUT2D eigenvalue weighted by molar-refractivity contribution is -0.115. The Morgan fingerprint density at radius 3 is 2.82 bits per heavy atom. The van der Waals surface area contributed by atoms with Gasteiger partial charge in [0.25, 0.3) is 0 Å². The first kappa shape index (κ1) is 25.3. The van der Waals surface area contributed by atoms with Gasteiger partial charge in [0.2, 0.25) is 5.91 Å². The number of hydrogen-bond donors (Lipinski definition) is 3. The largest absolute Gasteiger partial charge is 0.326 e. The molecule has 1 fully saturated rings. The number of H-pyrrole nitrogens is 1. The number of halogens is 1. The Hall–Kier alpha value is -4.33. The van der Waals surface area contributed by atoms with Crippen molar-refractivity contribution in [3.8, 4) is 11.8 Å². The van der Waals surface area contributed by atoms with Crippen molar-refractivity contribution >= 4 is 34.1 Å². The lowest BCUT2D eigenvalue weighted by Crippen LogP contribution is -2.44. The molecule has 0 aliphatic carbocycles. The van der Waals surface area contributed by atoms with Crippen LogP contribution in [0.5, 0.6) is 0 Å². The topological polar surface area (TPSA) is 102 Å². The molecule has 5 rings (SSSR count). The molecule has 0 radical (unpaired) electrons. The second kappa shape index (κ2) is 11.8. The maximum Gasteiger partial charge on any atom is 0.230 e. The summed E-state index contributed by atoms with van der Waals surface area (Å²) in [4.78, 5) is 25.9. The minimum atomic E-state index is -0.409. The summed E-state index contributed by atoms with van der Waals surface area (Å²) in [5.74, 6) is 6.97. The molecule has 0 atom stereocenters. The molecule has 3 heterocycles. The van der Waals surface area contributed by atoms with Crippen molar-refractivity contribution in [2.24, 2.45) is 0 Å². The maximum atomic E-state index is 13.3. The zero-order valence-corrected chi connectivity index (χ0v) is 21.2. The van der Waals surface area contributed by atoms with Crippen molar-refractivity contribution in [3.05, 3.63) is 71.9 Å². The van der Waals surface area contributed by atoms with Crippen molar-refractivity contribution in [2.45, 2.75) is 12.8 Å². The van der Waals surface area contributed by atoms with Gasteiger partial charge in [-0.05, 0) is 43.4 Å². The normalized spacial score (nSPS) is 14.2. The monoisotopic (exact) mass is 512 g/mol. The van der Waals surface area contributed by atoms with Gasteiger partial charge in [0.1, 0.15) is 18.0 Å². The Kier molecular flexibility index (Phi) is 7.87. The van der Waals surface area contributed by atoms with E-state index in [2.05, 4.69) is 59.5 Å². The SMILES string of the molecule is CN1CCN(CCC#Cc2ccc3c(Nc4cc(CC(=O)Nc5cccc(F)c5)[nH]n4)ncnc3c2)CC1. The number of anilines is 3. The minimum Gasteiger partial charge on any atom is -0.326 e. The third-order valence-corrected chi connectivity index (χ3v) is 6.35. The second-order valence-corrected chi connectivity index (χ2v) is 9.29. The van der Waals surface area contributed by atoms with E-state index in [9.17, 15) is 9.18 Å². The highest BCUT2D eigenvalue weighted by molar-refractivity contribution is 5.93. The summed E-state index contributed by atoms with van der Waals surface area (Å²) in [5.41, 5.74) is 2.69. The summed E-state index contributed by atoms with van der Waals surface area (Å²) < 4.78 is 13.3. The Morgan fingerprint density at radius 1 is 1.11 bits per heavy atom. The van der Waals surface area contributed by atoms with E-state index in [0.717, 1.165) is 55.6 Å². The number of amides is 1. The summed E-state index contributed by atoms with van der Waals surface area (Å²) in [5, 5.41) is 13.8. The maximum absolute atomic E-state index is 13.3. The average Bonchev–Trinajstić information content (AvgIpc) is 3.34. The van der Waals surface area contributed by atoms with Crippen molar-refractivity contribution in [3.63, 3.8) is 0 Å². The summed E-state index contributed by atoms with van der Waals surface area (Å²) in [6, 6.07) is 13.4. The van der Waals surface area contributed by atoms with Gasteiger partial charge in [-0.1, -0.05) is 17.9 Å². The number of carbonyl (C=O) groups excluding carboxylic acids is 1. The predicted octanol–water partition coefficient (Wildman–Crippen LogP) is 3.41. The highest BCUT2D eigenvalue weighted by Crippen LogP contribution is 2.23. The molecule has 3 N–H and O–H groups in total. The molecule has 0 spiro atoms. The van der Waals surface area contributed by atoms with Crippen LogP contribution in [0.15, 0.2) is 54.9 Å². The molecule has 0 saturated carbocycles. The van der Waals surface area contributed by atoms with Crippen LogP contribution in [0.4, 0.5) is 21.7 Å². The van der Waals surface area contributed by atoms with Gasteiger partial charge in [-0.15, -0.1) is 0 Å². The number of aromatic nitrogens is 4. The van der Waals surface area contributed by atoms with Crippen LogP contribution >= 0.6 is 0 Å². The summed E-state index contributed by atoms with van der Waals surface area (Å²) in [7, 11) is 2.16. The zero-order valence-electron chi connectivity index (χ0n) is 21.2. The molecular weight excluding hydrogens is 483 g/mol. The van der Waals surface area contributed by atoms with Crippen LogP contribution in [0.25, 0.3) is 10.9 Å². The zero-order chi connectivity index (χ0) is 26.3. The summed E-state index contributed by atoms with van der Waals surface area (Å²) in [6.07, 6.45) is 2.39. The minimum absolute atomic E-state index is 0.0621. The molecule has 2 aromatic heterocycles. The number of fused-ring (bicyclic) bond motifs is 1. The number of hydrogen-bond acceptors (Lipinski definition) is 7. The Bertz CT molecular complexity index is 1480. The molecule has 1 aliphatic heterocycles. The first-order chi connectivity index (χ1) is 18.5. The van der Waals surface area contributed by atoms with Crippen LogP contribution in [0.3, 0.4) is 0 Å². The molecule has 9 nitrogen and oxygen atoms in total. The Morgan fingerprint density at radius 2 is 1.97 bits per heavy atom. The fourth-order valence-corrected chi connectivity index (χ4v) is 4.27. The van der Waals surface area contributed by atoms with Gasteiger partial charge >= 0.3 is 0 Å². The van der Waals surface area contributed by atoms with Gasteiger partial charge in [0, 0.05) is 67.5 Å². The molecule has 4 aromatic rings. The lowest BCUT2D eigenvalue weighted by Gasteiger charge is -2.31. The molecule has 1 amide bonds. The van der Waals surface area contributed by atoms with Crippen LogP contribution in [0.1, 0.15) is 17.7 Å². The number of likely N-dealkylation sites (N-methyl/N-ethyl adjacent to an activating group) is 1. The summed E-state index contributed by atoms with van der Waals surface area (Å²) in [6.45, 7) is 5.41. The number of nitrogens with one attached hydrogen (secondary N) is 3. The van der Waals surface area contributed by atoms with Gasteiger partial charge in [-0.2, -0.15) is 5.10 Å². The fourth-order valence-electron chi connectivity index (χ4n) is 4.27. The molecule has 0 bridgehead atoms. The average molecular weight is 513 g/mol. The van der Waals surface area contributed by atoms with E-state index in [-0.39, 0.29) is 12.3 Å². The van der Waals surface area contributed by atoms with Crippen LogP contribution < -0.4 is 10.6 Å². The van der Waals surface area contributed by atoms with Gasteiger partial charge in [0.15, 0.2) is 5.82 Å². The number of aromatic amines is 1. The first-order valence-electron chi connectivity index (χ1n) is 12.5. The highest BCUT2D eigenvalue weighted by atomic mass is 19.1. The van der Waals surface area contributed by atoms with Crippen molar-refractivity contribution < 1.29 is 9.18 Å². The molecular formula is C28H29FN8O. The molecule has 38 heavy (non-hydrogen) atoms. The quantitative estimate of drug-likeness (QED) is 0.326. The van der Waals surface area contributed by atoms with E-state index < -0.39 is 5.82 Å². The number of nitrogens with zero attached hydrogens (tertiary/aromatic N) is 5. The van der Waals surface area contributed by atoms with Crippen molar-refractivity contribution in [1.82, 2.24) is 30.0 Å². The number of rotatable bonds is 7. The molecule has 1 aliphatic rings. The standard InChI is InChI=1S/C28H29FN8O/c1-36-11-13-37(14-12-36)10-3-2-5-20-8-9-24-25(15-20)30-19-31-28(24)33-26-17-23(34-35-26)18-27(38)32-22-7-4-6-21(29)16-22/h4,6-9,15-17,19H,3,10-14,18H2,1H3,(H,32,38)(H2,30,31,33,34,35). The molecule has 10 heteroatoms. The highest BCUT2D eigenvalue weighted by Gasteiger charge is 2.13. The number of benzene rings is 2. The number of carbonyl (C=O) groups is 1. The Labute approximate surface area is 220 Å². The van der Waals surface area contributed by atoms with Crippen LogP contribution in [-0.4, -0.2) is 75.6 Å². The third kappa shape index (κ3) is 6.70.